The molecule has 8 nitrogen and oxygen atoms in total. The van der Waals surface area contributed by atoms with Gasteiger partial charge in [0.2, 0.25) is 0 Å². The van der Waals surface area contributed by atoms with E-state index in [4.69, 9.17) is 11.6 Å². The summed E-state index contributed by atoms with van der Waals surface area (Å²) >= 11 is 5.88. The van der Waals surface area contributed by atoms with E-state index in [2.05, 4.69) is 10.5 Å². The molecule has 2 rings (SSSR count). The SMILES string of the molecule is Cc1ccc(C(CCl)=NNc2ccc([N+](=O)[O-])cc2[N+](=O)[O-])cc1. The van der Waals surface area contributed by atoms with E-state index in [1.807, 2.05) is 31.2 Å². The number of hydrogen-bond donors (Lipinski definition) is 1. The summed E-state index contributed by atoms with van der Waals surface area (Å²) in [6.07, 6.45) is 0. The van der Waals surface area contributed by atoms with Crippen LogP contribution in [-0.2, 0) is 0 Å². The Bertz CT molecular complexity index is 806. The third kappa shape index (κ3) is 4.05. The molecule has 0 aliphatic rings. The van der Waals surface area contributed by atoms with Crippen LogP contribution in [0.3, 0.4) is 0 Å². The number of hydrogen-bond acceptors (Lipinski definition) is 6. The predicted molar refractivity (Wildman–Crippen MR) is 91.8 cm³/mol. The van der Waals surface area contributed by atoms with E-state index in [9.17, 15) is 20.2 Å². The molecule has 9 heteroatoms. The molecule has 1 N–H and O–H groups in total. The van der Waals surface area contributed by atoms with E-state index in [0.29, 0.717) is 5.71 Å². The summed E-state index contributed by atoms with van der Waals surface area (Å²) in [5, 5.41) is 25.9. The minimum atomic E-state index is -0.711. The number of hydrazone groups is 1. The predicted octanol–water partition coefficient (Wildman–Crippen LogP) is 3.87. The third-order valence-electron chi connectivity index (χ3n) is 3.21. The quantitative estimate of drug-likeness (QED) is 0.368. The number of nitro benzene ring substituents is 2. The van der Waals surface area contributed by atoms with Crippen molar-refractivity contribution >= 4 is 34.4 Å². The van der Waals surface area contributed by atoms with Gasteiger partial charge in [0.25, 0.3) is 5.69 Å². The molecule has 0 unspecified atom stereocenters. The maximum atomic E-state index is 11.1. The Hall–Kier alpha value is -3.00. The van der Waals surface area contributed by atoms with Gasteiger partial charge < -0.3 is 0 Å². The normalized spacial score (nSPS) is 11.2. The summed E-state index contributed by atoms with van der Waals surface area (Å²) in [5.41, 5.74) is 4.14. The fourth-order valence-electron chi connectivity index (χ4n) is 1.92. The van der Waals surface area contributed by atoms with Gasteiger partial charge in [0, 0.05) is 6.07 Å². The zero-order valence-electron chi connectivity index (χ0n) is 12.6. The average Bonchev–Trinajstić information content (AvgIpc) is 2.56. The Balaban J connectivity index is 2.33. The van der Waals surface area contributed by atoms with Crippen molar-refractivity contribution < 1.29 is 9.85 Å². The summed E-state index contributed by atoms with van der Waals surface area (Å²) in [4.78, 5) is 20.4. The smallest absolute Gasteiger partial charge is 0.271 e. The van der Waals surface area contributed by atoms with Gasteiger partial charge in [0.15, 0.2) is 0 Å². The van der Waals surface area contributed by atoms with E-state index < -0.39 is 15.5 Å². The molecule has 0 bridgehead atoms. The molecule has 124 valence electrons. The number of benzene rings is 2. The molecule has 0 spiro atoms. The van der Waals surface area contributed by atoms with Crippen molar-refractivity contribution in [2.45, 2.75) is 6.92 Å². The number of halogens is 1. The lowest BCUT2D eigenvalue weighted by atomic mass is 10.1. The fraction of sp³-hybridized carbons (Fsp3) is 0.133. The van der Waals surface area contributed by atoms with E-state index >= 15 is 0 Å². The largest absolute Gasteiger partial charge is 0.301 e. The van der Waals surface area contributed by atoms with E-state index in [-0.39, 0.29) is 17.3 Å². The van der Waals surface area contributed by atoms with Gasteiger partial charge in [-0.25, -0.2) is 0 Å². The van der Waals surface area contributed by atoms with Crippen molar-refractivity contribution in [1.29, 1.82) is 0 Å². The highest BCUT2D eigenvalue weighted by Crippen LogP contribution is 2.29. The number of nitrogens with one attached hydrogen (secondary N) is 1. The Morgan fingerprint density at radius 2 is 1.79 bits per heavy atom. The lowest BCUT2D eigenvalue weighted by Gasteiger charge is -2.06. The van der Waals surface area contributed by atoms with E-state index in [1.54, 1.807) is 0 Å². The summed E-state index contributed by atoms with van der Waals surface area (Å²) in [6, 6.07) is 10.7. The summed E-state index contributed by atoms with van der Waals surface area (Å²) in [6.45, 7) is 1.94. The van der Waals surface area contributed by atoms with Crippen LogP contribution in [0.4, 0.5) is 17.1 Å². The molecule has 0 aliphatic heterocycles. The van der Waals surface area contributed by atoms with Gasteiger partial charge in [-0.2, -0.15) is 5.10 Å². The van der Waals surface area contributed by atoms with E-state index in [0.717, 1.165) is 23.3 Å². The molecule has 0 saturated carbocycles. The van der Waals surface area contributed by atoms with Crippen LogP contribution in [0.1, 0.15) is 11.1 Å². The first kappa shape index (κ1) is 17.4. The van der Waals surface area contributed by atoms with Crippen LogP contribution in [0.5, 0.6) is 0 Å². The van der Waals surface area contributed by atoms with Crippen molar-refractivity contribution in [3.05, 3.63) is 73.8 Å². The molecule has 2 aromatic rings. The minimum Gasteiger partial charge on any atom is -0.271 e. The second-order valence-corrected chi connectivity index (χ2v) is 5.15. The van der Waals surface area contributed by atoms with Gasteiger partial charge in [-0.1, -0.05) is 29.8 Å². The van der Waals surface area contributed by atoms with Crippen LogP contribution in [0.15, 0.2) is 47.6 Å². The fourth-order valence-corrected chi connectivity index (χ4v) is 2.14. The molecule has 0 aliphatic carbocycles. The molecule has 0 amide bonds. The molecule has 0 aromatic heterocycles. The highest BCUT2D eigenvalue weighted by atomic mass is 35.5. The summed E-state index contributed by atoms with van der Waals surface area (Å²) in [5.74, 6) is 0.0941. The number of nitro groups is 2. The topological polar surface area (TPSA) is 111 Å². The van der Waals surface area contributed by atoms with Crippen LogP contribution in [0.25, 0.3) is 0 Å². The van der Waals surface area contributed by atoms with E-state index in [1.165, 1.54) is 6.07 Å². The molecular formula is C15H13ClN4O4. The van der Waals surface area contributed by atoms with Crippen LogP contribution >= 0.6 is 11.6 Å². The second kappa shape index (κ2) is 7.51. The summed E-state index contributed by atoms with van der Waals surface area (Å²) in [7, 11) is 0. The molecule has 0 radical (unpaired) electrons. The molecule has 0 atom stereocenters. The van der Waals surface area contributed by atoms with Crippen molar-refractivity contribution in [2.75, 3.05) is 11.3 Å². The van der Waals surface area contributed by atoms with Gasteiger partial charge in [0.1, 0.15) is 5.69 Å². The van der Waals surface area contributed by atoms with Crippen LogP contribution in [-0.4, -0.2) is 21.4 Å². The van der Waals surface area contributed by atoms with Crippen molar-refractivity contribution in [3.63, 3.8) is 0 Å². The monoisotopic (exact) mass is 348 g/mol. The highest BCUT2D eigenvalue weighted by Gasteiger charge is 2.19. The van der Waals surface area contributed by atoms with Gasteiger partial charge in [-0.15, -0.1) is 11.6 Å². The maximum absolute atomic E-state index is 11.1. The molecule has 0 heterocycles. The molecule has 24 heavy (non-hydrogen) atoms. The Morgan fingerprint density at radius 1 is 1.12 bits per heavy atom. The van der Waals surface area contributed by atoms with Crippen LogP contribution in [0, 0.1) is 27.2 Å². The zero-order chi connectivity index (χ0) is 17.7. The molecule has 0 saturated heterocycles. The number of alkyl halides is 1. The third-order valence-corrected chi connectivity index (χ3v) is 3.46. The first-order chi connectivity index (χ1) is 11.4. The van der Waals surface area contributed by atoms with Gasteiger partial charge in [-0.05, 0) is 18.6 Å². The molecule has 0 fully saturated rings. The van der Waals surface area contributed by atoms with Crippen molar-refractivity contribution in [1.82, 2.24) is 0 Å². The van der Waals surface area contributed by atoms with Gasteiger partial charge in [-0.3, -0.25) is 25.7 Å². The first-order valence-corrected chi connectivity index (χ1v) is 7.34. The highest BCUT2D eigenvalue weighted by molar-refractivity contribution is 6.31. The lowest BCUT2D eigenvalue weighted by molar-refractivity contribution is -0.393. The van der Waals surface area contributed by atoms with Crippen LogP contribution in [0.2, 0.25) is 0 Å². The molecule has 2 aromatic carbocycles. The number of non-ortho nitro benzene ring substituents is 1. The zero-order valence-corrected chi connectivity index (χ0v) is 13.4. The standard InChI is InChI=1S/C15H13ClN4O4/c1-10-2-4-11(5-3-10)14(9-16)18-17-13-7-6-12(19(21)22)8-15(13)20(23)24/h2-8,17H,9H2,1H3. The van der Waals surface area contributed by atoms with Gasteiger partial charge >= 0.3 is 5.69 Å². The lowest BCUT2D eigenvalue weighted by Crippen LogP contribution is -2.07. The van der Waals surface area contributed by atoms with Gasteiger partial charge in [0.05, 0.1) is 27.5 Å². The number of rotatable bonds is 6. The van der Waals surface area contributed by atoms with Crippen LogP contribution < -0.4 is 5.43 Å². The van der Waals surface area contributed by atoms with Crippen molar-refractivity contribution in [3.8, 4) is 0 Å². The Morgan fingerprint density at radius 3 is 2.33 bits per heavy atom. The van der Waals surface area contributed by atoms with Crippen molar-refractivity contribution in [2.24, 2.45) is 5.10 Å². The average molecular weight is 349 g/mol. The Kier molecular flexibility index (Phi) is 5.43. The first-order valence-electron chi connectivity index (χ1n) is 6.80. The minimum absolute atomic E-state index is 0.0420. The Labute approximate surface area is 142 Å². The number of anilines is 1. The summed E-state index contributed by atoms with van der Waals surface area (Å²) < 4.78 is 0. The number of nitrogens with zero attached hydrogens (tertiary/aromatic N) is 3. The number of aryl methyl sites for hydroxylation is 1. The molecular weight excluding hydrogens is 336 g/mol. The second-order valence-electron chi connectivity index (χ2n) is 4.89. The maximum Gasteiger partial charge on any atom is 0.301 e.